The van der Waals surface area contributed by atoms with Crippen molar-refractivity contribution in [2.45, 2.75) is 17.9 Å². The number of nitrogens with one attached hydrogen (secondary N) is 1. The highest BCUT2D eigenvalue weighted by atomic mass is 35.5. The van der Waals surface area contributed by atoms with Crippen molar-refractivity contribution in [3.05, 3.63) is 64.7 Å². The third-order valence-corrected chi connectivity index (χ3v) is 7.88. The molecule has 0 spiro atoms. The van der Waals surface area contributed by atoms with E-state index in [0.29, 0.717) is 36.8 Å². The molecule has 0 saturated carbocycles. The Morgan fingerprint density at radius 3 is 2.21 bits per heavy atom. The number of benzene rings is 2. The first kappa shape index (κ1) is 25.2. The lowest BCUT2D eigenvalue weighted by atomic mass is 10.1. The zero-order valence-corrected chi connectivity index (χ0v) is 20.4. The summed E-state index contributed by atoms with van der Waals surface area (Å²) < 4.78 is 26.2. The van der Waals surface area contributed by atoms with Gasteiger partial charge in [0.15, 0.2) is 0 Å². The van der Waals surface area contributed by atoms with Crippen LogP contribution in [0.5, 0.6) is 0 Å². The van der Waals surface area contributed by atoms with Gasteiger partial charge in [-0.3, -0.25) is 14.5 Å². The molecule has 3 rings (SSSR count). The van der Waals surface area contributed by atoms with Gasteiger partial charge in [0.05, 0.1) is 17.9 Å². The minimum atomic E-state index is -3.60. The molecule has 178 valence electrons. The van der Waals surface area contributed by atoms with Crippen LogP contribution in [0.15, 0.2) is 53.4 Å². The van der Waals surface area contributed by atoms with Gasteiger partial charge in [-0.15, -0.1) is 0 Å². The summed E-state index contributed by atoms with van der Waals surface area (Å²) in [6.45, 7) is 2.58. The van der Waals surface area contributed by atoms with Gasteiger partial charge in [0.2, 0.25) is 21.8 Å². The Balaban J connectivity index is 1.48. The molecule has 1 aliphatic heterocycles. The number of hydrogen-bond acceptors (Lipinski definition) is 5. The topological polar surface area (TPSA) is 90.0 Å². The highest BCUT2D eigenvalue weighted by Gasteiger charge is 2.24. The molecule has 8 nitrogen and oxygen atoms in total. The van der Waals surface area contributed by atoms with E-state index in [4.69, 9.17) is 11.6 Å². The average molecular weight is 493 g/mol. The second kappa shape index (κ2) is 11.1. The monoisotopic (exact) mass is 492 g/mol. The van der Waals surface area contributed by atoms with Crippen molar-refractivity contribution in [3.63, 3.8) is 0 Å². The Morgan fingerprint density at radius 1 is 0.970 bits per heavy atom. The Labute approximate surface area is 200 Å². The van der Waals surface area contributed by atoms with Gasteiger partial charge in [0, 0.05) is 51.8 Å². The first-order chi connectivity index (χ1) is 15.7. The number of piperazine rings is 1. The zero-order chi connectivity index (χ0) is 24.0. The minimum Gasteiger partial charge on any atom is -0.351 e. The lowest BCUT2D eigenvalue weighted by Crippen LogP contribution is -2.51. The summed E-state index contributed by atoms with van der Waals surface area (Å²) >= 11 is 6.15. The highest BCUT2D eigenvalue weighted by molar-refractivity contribution is 7.89. The quantitative estimate of drug-likeness (QED) is 0.604. The molecule has 1 heterocycles. The van der Waals surface area contributed by atoms with Crippen LogP contribution in [0.2, 0.25) is 5.02 Å². The molecule has 2 aromatic rings. The minimum absolute atomic E-state index is 0.0194. The predicted molar refractivity (Wildman–Crippen MR) is 127 cm³/mol. The number of nitrogens with zero attached hydrogens (tertiary/aromatic N) is 3. The molecule has 1 aliphatic rings. The molecular formula is C23H29ClN4O4S. The molecule has 1 N–H and O–H groups in total. The van der Waals surface area contributed by atoms with E-state index >= 15 is 0 Å². The first-order valence-corrected chi connectivity index (χ1v) is 12.5. The third kappa shape index (κ3) is 6.54. The molecule has 1 saturated heterocycles. The van der Waals surface area contributed by atoms with Crippen LogP contribution in [-0.4, -0.2) is 81.2 Å². The number of sulfonamides is 1. The molecule has 0 bridgehead atoms. The van der Waals surface area contributed by atoms with Crippen molar-refractivity contribution >= 4 is 33.4 Å². The van der Waals surface area contributed by atoms with Gasteiger partial charge < -0.3 is 10.2 Å². The van der Waals surface area contributed by atoms with Crippen LogP contribution in [0.3, 0.4) is 0 Å². The summed E-state index contributed by atoms with van der Waals surface area (Å²) in [4.78, 5) is 29.0. The molecule has 2 amide bonds. The highest BCUT2D eigenvalue weighted by Crippen LogP contribution is 2.19. The van der Waals surface area contributed by atoms with E-state index in [2.05, 4.69) is 5.32 Å². The van der Waals surface area contributed by atoms with Gasteiger partial charge >= 0.3 is 0 Å². The van der Waals surface area contributed by atoms with Crippen LogP contribution >= 0.6 is 11.6 Å². The average Bonchev–Trinajstić information content (AvgIpc) is 2.79. The Kier molecular flexibility index (Phi) is 8.47. The Hall–Kier alpha value is -2.46. The van der Waals surface area contributed by atoms with Crippen molar-refractivity contribution in [2.75, 3.05) is 46.8 Å². The molecule has 0 aliphatic carbocycles. The molecule has 33 heavy (non-hydrogen) atoms. The van der Waals surface area contributed by atoms with Crippen molar-refractivity contribution in [1.82, 2.24) is 19.4 Å². The number of halogens is 1. The van der Waals surface area contributed by atoms with Crippen LogP contribution in [0.4, 0.5) is 0 Å². The van der Waals surface area contributed by atoms with E-state index < -0.39 is 10.0 Å². The number of amides is 2. The number of carbonyl (C=O) groups excluding carboxylic acids is 2. The van der Waals surface area contributed by atoms with Crippen LogP contribution in [0, 0.1) is 0 Å². The van der Waals surface area contributed by atoms with Gasteiger partial charge in [0.1, 0.15) is 0 Å². The van der Waals surface area contributed by atoms with E-state index in [1.807, 2.05) is 23.1 Å². The molecular weight excluding hydrogens is 464 g/mol. The third-order valence-electron chi connectivity index (χ3n) is 5.60. The maximum atomic E-state index is 12.6. The second-order valence-corrected chi connectivity index (χ2v) is 10.6. The zero-order valence-electron chi connectivity index (χ0n) is 18.8. The van der Waals surface area contributed by atoms with Gasteiger partial charge in [-0.2, -0.15) is 0 Å². The molecule has 0 aromatic heterocycles. The maximum Gasteiger partial charge on any atom is 0.242 e. The van der Waals surface area contributed by atoms with Crippen molar-refractivity contribution in [3.8, 4) is 0 Å². The van der Waals surface area contributed by atoms with Crippen LogP contribution < -0.4 is 5.32 Å². The summed E-state index contributed by atoms with van der Waals surface area (Å²) in [7, 11) is -0.645. The van der Waals surface area contributed by atoms with E-state index in [-0.39, 0.29) is 36.2 Å². The van der Waals surface area contributed by atoms with Gasteiger partial charge in [0.25, 0.3) is 0 Å². The summed E-state index contributed by atoms with van der Waals surface area (Å²) in [6, 6.07) is 14.0. The summed E-state index contributed by atoms with van der Waals surface area (Å²) in [5, 5.41) is 3.40. The van der Waals surface area contributed by atoms with Crippen LogP contribution in [-0.2, 0) is 32.6 Å². The number of rotatable bonds is 8. The van der Waals surface area contributed by atoms with Crippen molar-refractivity contribution in [2.24, 2.45) is 0 Å². The smallest absolute Gasteiger partial charge is 0.242 e. The normalized spacial score (nSPS) is 15.0. The van der Waals surface area contributed by atoms with E-state index in [1.165, 1.54) is 20.2 Å². The van der Waals surface area contributed by atoms with Gasteiger partial charge in [-0.25, -0.2) is 12.7 Å². The molecule has 2 aromatic carbocycles. The molecule has 10 heteroatoms. The molecule has 1 fully saturated rings. The lowest BCUT2D eigenvalue weighted by molar-refractivity contribution is -0.132. The van der Waals surface area contributed by atoms with E-state index in [9.17, 15) is 18.0 Å². The van der Waals surface area contributed by atoms with Crippen LogP contribution in [0.25, 0.3) is 0 Å². The fraction of sp³-hybridized carbons (Fsp3) is 0.391. The standard InChI is InChI=1S/C23H29ClN4O4S/c1-26(2)33(31,32)21-10-6-4-8-19(21)16-25-22(29)17-27-11-13-28(14-12-27)23(30)15-18-7-3-5-9-20(18)24/h3-10H,11-17H2,1-2H3,(H,25,29). The molecule has 0 atom stereocenters. The van der Waals surface area contributed by atoms with E-state index in [0.717, 1.165) is 9.87 Å². The molecule has 0 unspecified atom stereocenters. The van der Waals surface area contributed by atoms with Crippen LogP contribution in [0.1, 0.15) is 11.1 Å². The van der Waals surface area contributed by atoms with E-state index in [1.54, 1.807) is 29.2 Å². The predicted octanol–water partition coefficient (Wildman–Crippen LogP) is 1.59. The Morgan fingerprint density at radius 2 is 1.58 bits per heavy atom. The fourth-order valence-electron chi connectivity index (χ4n) is 3.62. The lowest BCUT2D eigenvalue weighted by Gasteiger charge is -2.34. The summed E-state index contributed by atoms with van der Waals surface area (Å²) in [5.74, 6) is -0.172. The first-order valence-electron chi connectivity index (χ1n) is 10.7. The Bertz CT molecular complexity index is 1100. The summed E-state index contributed by atoms with van der Waals surface area (Å²) in [5.41, 5.74) is 1.34. The number of hydrogen-bond donors (Lipinski definition) is 1. The fourth-order valence-corrected chi connectivity index (χ4v) is 4.94. The van der Waals surface area contributed by atoms with Crippen molar-refractivity contribution in [1.29, 1.82) is 0 Å². The maximum absolute atomic E-state index is 12.6. The second-order valence-electron chi connectivity index (χ2n) is 8.10. The van der Waals surface area contributed by atoms with Gasteiger partial charge in [-0.05, 0) is 23.3 Å². The largest absolute Gasteiger partial charge is 0.351 e. The number of carbonyl (C=O) groups is 2. The SMILES string of the molecule is CN(C)S(=O)(=O)c1ccccc1CNC(=O)CN1CCN(C(=O)Cc2ccccc2Cl)CC1. The summed E-state index contributed by atoms with van der Waals surface area (Å²) in [6.07, 6.45) is 0.259. The van der Waals surface area contributed by atoms with Crippen molar-refractivity contribution < 1.29 is 18.0 Å². The van der Waals surface area contributed by atoms with Gasteiger partial charge in [-0.1, -0.05) is 48.0 Å². The molecule has 0 radical (unpaired) electrons.